The van der Waals surface area contributed by atoms with E-state index in [1.54, 1.807) is 12.1 Å². The fourth-order valence-corrected chi connectivity index (χ4v) is 2.16. The van der Waals surface area contributed by atoms with Crippen molar-refractivity contribution in [3.63, 3.8) is 0 Å². The van der Waals surface area contributed by atoms with E-state index in [0.29, 0.717) is 12.2 Å². The molecule has 1 amide bonds. The summed E-state index contributed by atoms with van der Waals surface area (Å²) in [5, 5.41) is 12.6. The van der Waals surface area contributed by atoms with Crippen LogP contribution < -0.4 is 5.32 Å². The summed E-state index contributed by atoms with van der Waals surface area (Å²) in [6.07, 6.45) is 1.40. The van der Waals surface area contributed by atoms with Gasteiger partial charge in [-0.25, -0.2) is 0 Å². The molecule has 2 N–H and O–H groups in total. The molecule has 2 atom stereocenters. The third kappa shape index (κ3) is 3.48. The number of aliphatic hydroxyl groups is 1. The summed E-state index contributed by atoms with van der Waals surface area (Å²) < 4.78 is 5.10. The number of carbonyl (C=O) groups excluding carboxylic acids is 1. The topological polar surface area (TPSA) is 62.5 Å². The van der Waals surface area contributed by atoms with Gasteiger partial charge < -0.3 is 14.8 Å². The Kier molecular flexibility index (Phi) is 4.96. The number of carbonyl (C=O) groups is 1. The maximum atomic E-state index is 12.2. The van der Waals surface area contributed by atoms with Crippen molar-refractivity contribution in [2.45, 2.75) is 25.4 Å². The quantitative estimate of drug-likeness (QED) is 0.850. The minimum Gasteiger partial charge on any atom is -0.467 e. The molecule has 1 aromatic heterocycles. The van der Waals surface area contributed by atoms with Crippen LogP contribution in [0.15, 0.2) is 53.1 Å². The Labute approximate surface area is 118 Å². The van der Waals surface area contributed by atoms with Crippen LogP contribution >= 0.6 is 0 Å². The van der Waals surface area contributed by atoms with E-state index < -0.39 is 6.10 Å². The highest BCUT2D eigenvalue weighted by molar-refractivity contribution is 5.83. The lowest BCUT2D eigenvalue weighted by atomic mass is 9.95. The van der Waals surface area contributed by atoms with E-state index in [0.717, 1.165) is 5.56 Å². The van der Waals surface area contributed by atoms with E-state index in [2.05, 4.69) is 5.32 Å². The lowest BCUT2D eigenvalue weighted by molar-refractivity contribution is -0.123. The smallest absolute Gasteiger partial charge is 0.227 e. The van der Waals surface area contributed by atoms with Crippen molar-refractivity contribution >= 4 is 5.91 Å². The predicted molar refractivity (Wildman–Crippen MR) is 76.2 cm³/mol. The van der Waals surface area contributed by atoms with Crippen molar-refractivity contribution in [1.29, 1.82) is 0 Å². The molecule has 0 aliphatic heterocycles. The molecule has 0 spiro atoms. The Morgan fingerprint density at radius 1 is 1.25 bits per heavy atom. The number of hydrogen-bond acceptors (Lipinski definition) is 3. The Balaban J connectivity index is 1.93. The summed E-state index contributed by atoms with van der Waals surface area (Å²) >= 11 is 0. The zero-order valence-electron chi connectivity index (χ0n) is 11.5. The second-order valence-electron chi connectivity index (χ2n) is 4.65. The number of nitrogens with one attached hydrogen (secondary N) is 1. The number of amides is 1. The molecule has 0 fully saturated rings. The van der Waals surface area contributed by atoms with Gasteiger partial charge in [0.15, 0.2) is 0 Å². The maximum absolute atomic E-state index is 12.2. The number of aliphatic hydroxyl groups excluding tert-OH is 1. The lowest BCUT2D eigenvalue weighted by Crippen LogP contribution is -2.32. The Morgan fingerprint density at radius 3 is 2.60 bits per heavy atom. The van der Waals surface area contributed by atoms with Crippen molar-refractivity contribution in [3.05, 3.63) is 60.1 Å². The van der Waals surface area contributed by atoms with E-state index in [1.807, 2.05) is 37.3 Å². The summed E-state index contributed by atoms with van der Waals surface area (Å²) in [7, 11) is 0. The third-order valence-corrected chi connectivity index (χ3v) is 3.27. The van der Waals surface area contributed by atoms with E-state index in [9.17, 15) is 9.90 Å². The van der Waals surface area contributed by atoms with E-state index in [-0.39, 0.29) is 18.4 Å². The van der Waals surface area contributed by atoms with Gasteiger partial charge in [-0.3, -0.25) is 4.79 Å². The van der Waals surface area contributed by atoms with Crippen molar-refractivity contribution in [2.75, 3.05) is 6.54 Å². The fourth-order valence-electron chi connectivity index (χ4n) is 2.16. The molecule has 4 heteroatoms. The third-order valence-electron chi connectivity index (χ3n) is 3.27. The minimum atomic E-state index is -0.817. The summed E-state index contributed by atoms with van der Waals surface area (Å²) in [5.41, 5.74) is 0.986. The number of rotatable bonds is 6. The summed E-state index contributed by atoms with van der Waals surface area (Å²) in [6.45, 7) is 2.12. The average molecular weight is 273 g/mol. The molecule has 0 bridgehead atoms. The highest BCUT2D eigenvalue weighted by Crippen LogP contribution is 2.19. The molecule has 2 rings (SSSR count). The van der Waals surface area contributed by atoms with Crippen molar-refractivity contribution < 1.29 is 14.3 Å². The summed E-state index contributed by atoms with van der Waals surface area (Å²) in [6, 6.07) is 13.0. The van der Waals surface area contributed by atoms with Crippen LogP contribution in [0.5, 0.6) is 0 Å². The zero-order valence-corrected chi connectivity index (χ0v) is 11.5. The molecule has 2 aromatic rings. The predicted octanol–water partition coefficient (Wildman–Crippen LogP) is 2.62. The summed E-state index contributed by atoms with van der Waals surface area (Å²) in [5.74, 6) is 0.183. The Bertz CT molecular complexity index is 522. The second-order valence-corrected chi connectivity index (χ2v) is 4.65. The fraction of sp³-hybridized carbons (Fsp3) is 0.312. The molecule has 0 saturated carbocycles. The zero-order chi connectivity index (χ0) is 14.4. The van der Waals surface area contributed by atoms with E-state index in [4.69, 9.17) is 4.42 Å². The maximum Gasteiger partial charge on any atom is 0.227 e. The Hall–Kier alpha value is -2.07. The van der Waals surface area contributed by atoms with Gasteiger partial charge in [0.2, 0.25) is 5.91 Å². The summed E-state index contributed by atoms with van der Waals surface area (Å²) in [4.78, 5) is 12.2. The first-order chi connectivity index (χ1) is 9.72. The standard InChI is InChI=1S/C16H19NO3/c1-2-13(12-7-4-3-5-8-12)16(19)17-11-14(18)15-9-6-10-20-15/h3-10,13-14,18H,2,11H2,1H3,(H,17,19). The van der Waals surface area contributed by atoms with Gasteiger partial charge in [0.25, 0.3) is 0 Å². The first kappa shape index (κ1) is 14.3. The van der Waals surface area contributed by atoms with E-state index >= 15 is 0 Å². The first-order valence-electron chi connectivity index (χ1n) is 6.76. The minimum absolute atomic E-state index is 0.0793. The number of benzene rings is 1. The van der Waals surface area contributed by atoms with Crippen LogP contribution in [0.2, 0.25) is 0 Å². The van der Waals surface area contributed by atoms with Crippen LogP contribution in [-0.4, -0.2) is 17.6 Å². The molecular weight excluding hydrogens is 254 g/mol. The molecule has 2 unspecified atom stereocenters. The monoisotopic (exact) mass is 273 g/mol. The van der Waals surface area contributed by atoms with Gasteiger partial charge in [-0.1, -0.05) is 37.3 Å². The second kappa shape index (κ2) is 6.91. The van der Waals surface area contributed by atoms with Crippen molar-refractivity contribution in [2.24, 2.45) is 0 Å². The largest absolute Gasteiger partial charge is 0.467 e. The van der Waals surface area contributed by atoms with Gasteiger partial charge >= 0.3 is 0 Å². The number of hydrogen-bond donors (Lipinski definition) is 2. The normalized spacial score (nSPS) is 13.7. The average Bonchev–Trinajstić information content (AvgIpc) is 3.01. The molecule has 0 saturated heterocycles. The van der Waals surface area contributed by atoms with Crippen LogP contribution in [-0.2, 0) is 4.79 Å². The molecule has 20 heavy (non-hydrogen) atoms. The molecule has 106 valence electrons. The van der Waals surface area contributed by atoms with Gasteiger partial charge in [0.1, 0.15) is 11.9 Å². The lowest BCUT2D eigenvalue weighted by Gasteiger charge is -2.16. The molecule has 0 aliphatic carbocycles. The van der Waals surface area contributed by atoms with Crippen LogP contribution in [0.3, 0.4) is 0 Å². The van der Waals surface area contributed by atoms with E-state index in [1.165, 1.54) is 6.26 Å². The SMILES string of the molecule is CCC(C(=O)NCC(O)c1ccco1)c1ccccc1. The van der Waals surface area contributed by atoms with Gasteiger partial charge in [-0.15, -0.1) is 0 Å². The highest BCUT2D eigenvalue weighted by Gasteiger charge is 2.19. The molecule has 4 nitrogen and oxygen atoms in total. The first-order valence-corrected chi connectivity index (χ1v) is 6.76. The molecule has 1 aromatic carbocycles. The number of furan rings is 1. The van der Waals surface area contributed by atoms with Gasteiger partial charge in [-0.05, 0) is 24.1 Å². The van der Waals surface area contributed by atoms with Gasteiger partial charge in [0, 0.05) is 0 Å². The van der Waals surface area contributed by atoms with Crippen molar-refractivity contribution in [3.8, 4) is 0 Å². The van der Waals surface area contributed by atoms with Crippen LogP contribution in [0.4, 0.5) is 0 Å². The molecule has 0 aliphatic rings. The van der Waals surface area contributed by atoms with Crippen LogP contribution in [0.25, 0.3) is 0 Å². The Morgan fingerprint density at radius 2 is 2.00 bits per heavy atom. The van der Waals surface area contributed by atoms with Crippen LogP contribution in [0.1, 0.15) is 36.7 Å². The van der Waals surface area contributed by atoms with Gasteiger partial charge in [-0.2, -0.15) is 0 Å². The highest BCUT2D eigenvalue weighted by atomic mass is 16.4. The molecular formula is C16H19NO3. The van der Waals surface area contributed by atoms with Crippen molar-refractivity contribution in [1.82, 2.24) is 5.32 Å². The molecule has 1 heterocycles. The molecule has 0 radical (unpaired) electrons. The van der Waals surface area contributed by atoms with Crippen LogP contribution in [0, 0.1) is 0 Å². The van der Waals surface area contributed by atoms with Gasteiger partial charge in [0.05, 0.1) is 18.7 Å².